The molecule has 0 aliphatic heterocycles. The Labute approximate surface area is 216 Å². The third-order valence-electron chi connectivity index (χ3n) is 8.02. The van der Waals surface area contributed by atoms with Gasteiger partial charge < -0.3 is 14.6 Å². The van der Waals surface area contributed by atoms with Gasteiger partial charge in [0.15, 0.2) is 0 Å². The summed E-state index contributed by atoms with van der Waals surface area (Å²) in [5.74, 6) is 0. The van der Waals surface area contributed by atoms with Crippen molar-refractivity contribution >= 4 is 34.4 Å². The monoisotopic (exact) mass is 479 g/mol. The molecule has 0 saturated carbocycles. The average Bonchev–Trinajstić information content (AvgIpc) is 3.36. The lowest BCUT2D eigenvalue weighted by Gasteiger charge is -2.21. The molecule has 4 heteroatoms. The molecule has 0 radical (unpaired) electrons. The zero-order chi connectivity index (χ0) is 25.3. The first-order valence-corrected chi connectivity index (χ1v) is 12.7. The fraction of sp³-hybridized carbons (Fsp3) is 0.0909. The molecule has 3 nitrogen and oxygen atoms in total. The van der Waals surface area contributed by atoms with Crippen molar-refractivity contribution < 1.29 is 10.0 Å². The Hall–Kier alpha value is -4.12. The van der Waals surface area contributed by atoms with E-state index in [-0.39, 0.29) is 5.41 Å². The number of fused-ring (bicyclic) bond motifs is 6. The molecule has 0 bridgehead atoms. The molecule has 0 unspecified atom stereocenters. The van der Waals surface area contributed by atoms with Crippen molar-refractivity contribution in [2.24, 2.45) is 0 Å². The summed E-state index contributed by atoms with van der Waals surface area (Å²) in [7, 11) is -1.51. The van der Waals surface area contributed by atoms with Gasteiger partial charge in [0.25, 0.3) is 0 Å². The highest BCUT2D eigenvalue weighted by atomic mass is 16.4. The second-order valence-electron chi connectivity index (χ2n) is 10.5. The maximum atomic E-state index is 9.92. The normalized spacial score (nSPS) is 13.6. The number of nitrogens with zero attached hydrogens (tertiary/aromatic N) is 1. The van der Waals surface area contributed by atoms with E-state index >= 15 is 0 Å². The molecule has 0 atom stereocenters. The molecule has 0 amide bonds. The first kappa shape index (κ1) is 22.1. The molecule has 0 spiro atoms. The summed E-state index contributed by atoms with van der Waals surface area (Å²) in [6, 6.07) is 38.1. The summed E-state index contributed by atoms with van der Waals surface area (Å²) >= 11 is 0. The number of hydrogen-bond donors (Lipinski definition) is 2. The number of rotatable bonds is 3. The van der Waals surface area contributed by atoms with Gasteiger partial charge in [0.1, 0.15) is 0 Å². The Morgan fingerprint density at radius 3 is 2.03 bits per heavy atom. The van der Waals surface area contributed by atoms with Crippen LogP contribution in [0.4, 0.5) is 0 Å². The van der Waals surface area contributed by atoms with E-state index in [9.17, 15) is 10.0 Å². The fourth-order valence-corrected chi connectivity index (χ4v) is 6.10. The topological polar surface area (TPSA) is 45.4 Å². The van der Waals surface area contributed by atoms with Gasteiger partial charge in [-0.15, -0.1) is 0 Å². The van der Waals surface area contributed by atoms with E-state index in [1.807, 2.05) is 18.2 Å². The quantitative estimate of drug-likeness (QED) is 0.287. The van der Waals surface area contributed by atoms with Gasteiger partial charge in [-0.05, 0) is 69.2 Å². The van der Waals surface area contributed by atoms with Crippen LogP contribution in [0.3, 0.4) is 0 Å². The number of hydrogen-bond acceptors (Lipinski definition) is 2. The molecule has 0 saturated heterocycles. The van der Waals surface area contributed by atoms with Crippen LogP contribution < -0.4 is 5.46 Å². The van der Waals surface area contributed by atoms with Crippen LogP contribution in [0.2, 0.25) is 0 Å². The Kier molecular flexibility index (Phi) is 4.75. The summed E-state index contributed by atoms with van der Waals surface area (Å²) in [6.07, 6.45) is 0. The highest BCUT2D eigenvalue weighted by Crippen LogP contribution is 2.50. The number of aromatic nitrogens is 1. The molecule has 7 rings (SSSR count). The lowest BCUT2D eigenvalue weighted by molar-refractivity contribution is 0.426. The molecule has 178 valence electrons. The highest BCUT2D eigenvalue weighted by molar-refractivity contribution is 6.59. The molecule has 0 fully saturated rings. The van der Waals surface area contributed by atoms with E-state index in [0.29, 0.717) is 5.46 Å². The van der Waals surface area contributed by atoms with Crippen LogP contribution in [0.15, 0.2) is 109 Å². The highest BCUT2D eigenvalue weighted by Gasteiger charge is 2.36. The second-order valence-corrected chi connectivity index (χ2v) is 10.5. The van der Waals surface area contributed by atoms with Crippen molar-refractivity contribution in [1.82, 2.24) is 4.57 Å². The van der Waals surface area contributed by atoms with Gasteiger partial charge in [0.05, 0.1) is 11.0 Å². The van der Waals surface area contributed by atoms with Crippen LogP contribution in [0.5, 0.6) is 0 Å². The lowest BCUT2D eigenvalue weighted by atomic mass is 9.79. The minimum absolute atomic E-state index is 0.106. The molecule has 1 aliphatic carbocycles. The first-order chi connectivity index (χ1) is 17.9. The molecule has 1 aromatic heterocycles. The molecule has 1 heterocycles. The Morgan fingerprint density at radius 1 is 0.595 bits per heavy atom. The maximum Gasteiger partial charge on any atom is 0.488 e. The Morgan fingerprint density at radius 2 is 1.27 bits per heavy atom. The van der Waals surface area contributed by atoms with Gasteiger partial charge >= 0.3 is 7.12 Å². The summed E-state index contributed by atoms with van der Waals surface area (Å²) in [4.78, 5) is 0. The molecular weight excluding hydrogens is 453 g/mol. The first-order valence-electron chi connectivity index (χ1n) is 12.7. The molecular formula is C33H26BNO2. The van der Waals surface area contributed by atoms with Crippen molar-refractivity contribution in [3.63, 3.8) is 0 Å². The van der Waals surface area contributed by atoms with Crippen molar-refractivity contribution in [2.75, 3.05) is 0 Å². The summed E-state index contributed by atoms with van der Waals surface area (Å²) in [6.45, 7) is 4.59. The van der Waals surface area contributed by atoms with E-state index in [4.69, 9.17) is 0 Å². The van der Waals surface area contributed by atoms with Gasteiger partial charge in [0, 0.05) is 21.9 Å². The van der Waals surface area contributed by atoms with Gasteiger partial charge in [0.2, 0.25) is 0 Å². The van der Waals surface area contributed by atoms with Crippen molar-refractivity contribution in [1.29, 1.82) is 0 Å². The summed E-state index contributed by atoms with van der Waals surface area (Å²) in [5, 5.41) is 22.0. The van der Waals surface area contributed by atoms with Crippen molar-refractivity contribution in [3.05, 3.63) is 120 Å². The molecule has 2 N–H and O–H groups in total. The second kappa shape index (κ2) is 7.94. The van der Waals surface area contributed by atoms with Crippen LogP contribution in [-0.2, 0) is 5.41 Å². The van der Waals surface area contributed by atoms with E-state index in [0.717, 1.165) is 27.5 Å². The van der Waals surface area contributed by atoms with Gasteiger partial charge in [-0.25, -0.2) is 0 Å². The van der Waals surface area contributed by atoms with Gasteiger partial charge in [-0.1, -0.05) is 92.7 Å². The summed E-state index contributed by atoms with van der Waals surface area (Å²) in [5.41, 5.74) is 11.2. The van der Waals surface area contributed by atoms with Crippen LogP contribution in [-0.4, -0.2) is 21.7 Å². The molecule has 6 aromatic rings. The largest absolute Gasteiger partial charge is 0.488 e. The predicted molar refractivity (Wildman–Crippen MR) is 154 cm³/mol. The predicted octanol–water partition coefficient (Wildman–Crippen LogP) is 6.44. The minimum Gasteiger partial charge on any atom is -0.423 e. The maximum absolute atomic E-state index is 9.92. The van der Waals surface area contributed by atoms with Gasteiger partial charge in [-0.3, -0.25) is 0 Å². The van der Waals surface area contributed by atoms with E-state index < -0.39 is 7.12 Å². The zero-order valence-electron chi connectivity index (χ0n) is 20.8. The zero-order valence-corrected chi connectivity index (χ0v) is 20.8. The molecule has 5 aromatic carbocycles. The van der Waals surface area contributed by atoms with Crippen LogP contribution >= 0.6 is 0 Å². The summed E-state index contributed by atoms with van der Waals surface area (Å²) < 4.78 is 2.30. The van der Waals surface area contributed by atoms with E-state index in [1.165, 1.54) is 33.4 Å². The van der Waals surface area contributed by atoms with Crippen LogP contribution in [0, 0.1) is 0 Å². The smallest absolute Gasteiger partial charge is 0.423 e. The molecule has 37 heavy (non-hydrogen) atoms. The minimum atomic E-state index is -1.51. The standard InChI is InChI=1S/C33H26BNO2/c1-33(2)29-11-7-6-10-25(29)26-19-28-27-18-23(34(36)37)14-17-31(27)35(32(28)20-30(26)33)24-15-12-22(13-16-24)21-8-4-3-5-9-21/h3-20,36-37H,1-2H3. The van der Waals surface area contributed by atoms with Gasteiger partial charge in [-0.2, -0.15) is 0 Å². The molecule has 1 aliphatic rings. The van der Waals surface area contributed by atoms with Crippen LogP contribution in [0.25, 0.3) is 49.7 Å². The third-order valence-corrected chi connectivity index (χ3v) is 8.02. The van der Waals surface area contributed by atoms with E-state index in [2.05, 4.69) is 103 Å². The average molecular weight is 479 g/mol. The fourth-order valence-electron chi connectivity index (χ4n) is 6.10. The Balaban J connectivity index is 1.52. The number of benzene rings is 5. The lowest BCUT2D eigenvalue weighted by Crippen LogP contribution is -2.29. The van der Waals surface area contributed by atoms with Crippen LogP contribution in [0.1, 0.15) is 25.0 Å². The third kappa shape index (κ3) is 3.23. The van der Waals surface area contributed by atoms with E-state index in [1.54, 1.807) is 6.07 Å². The van der Waals surface area contributed by atoms with Crippen molar-refractivity contribution in [3.8, 4) is 27.9 Å². The SMILES string of the molecule is CC1(C)c2ccccc2-c2cc3c4cc(B(O)O)ccc4n(-c4ccc(-c5ccccc5)cc4)c3cc21. The Bertz CT molecular complexity index is 1820. The van der Waals surface area contributed by atoms with Crippen molar-refractivity contribution in [2.45, 2.75) is 19.3 Å².